The fourth-order valence-corrected chi connectivity index (χ4v) is 6.83. The SMILES string of the molecule is CCC1CCc2c(sc3cc(NS(=O)(=O)C4=CC=CCC4=S)ccc3c2=O)C1. The summed E-state index contributed by atoms with van der Waals surface area (Å²) >= 11 is 6.81. The molecule has 7 heteroatoms. The van der Waals surface area contributed by atoms with Crippen molar-refractivity contribution in [1.82, 2.24) is 0 Å². The zero-order valence-corrected chi connectivity index (χ0v) is 18.0. The minimum Gasteiger partial charge on any atom is -0.289 e. The van der Waals surface area contributed by atoms with E-state index in [0.717, 1.165) is 40.8 Å². The molecule has 2 aromatic rings. The first-order valence-electron chi connectivity index (χ1n) is 9.40. The predicted octanol–water partition coefficient (Wildman–Crippen LogP) is 4.73. The van der Waals surface area contributed by atoms with Crippen LogP contribution in [-0.2, 0) is 22.9 Å². The molecule has 0 amide bonds. The lowest BCUT2D eigenvalue weighted by molar-refractivity contribution is 0.448. The molecule has 1 aromatic carbocycles. The highest BCUT2D eigenvalue weighted by atomic mass is 32.2. The first-order valence-corrected chi connectivity index (χ1v) is 12.1. The van der Waals surface area contributed by atoms with Gasteiger partial charge in [0.05, 0.1) is 5.69 Å². The Morgan fingerprint density at radius 2 is 2.14 bits per heavy atom. The van der Waals surface area contributed by atoms with Crippen molar-refractivity contribution in [2.24, 2.45) is 5.92 Å². The summed E-state index contributed by atoms with van der Waals surface area (Å²) in [7, 11) is -3.75. The van der Waals surface area contributed by atoms with E-state index in [-0.39, 0.29) is 10.3 Å². The summed E-state index contributed by atoms with van der Waals surface area (Å²) in [4.78, 5) is 14.6. The van der Waals surface area contributed by atoms with Crippen LogP contribution >= 0.6 is 23.6 Å². The number of fused-ring (bicyclic) bond motifs is 2. The summed E-state index contributed by atoms with van der Waals surface area (Å²) in [5.41, 5.74) is 1.48. The van der Waals surface area contributed by atoms with Crippen LogP contribution in [0.2, 0.25) is 0 Å². The second-order valence-corrected chi connectivity index (χ2v) is 10.5. The molecule has 1 unspecified atom stereocenters. The van der Waals surface area contributed by atoms with E-state index in [0.29, 0.717) is 28.3 Å². The van der Waals surface area contributed by atoms with Crippen LogP contribution in [0, 0.1) is 5.92 Å². The Morgan fingerprint density at radius 3 is 2.89 bits per heavy atom. The highest BCUT2D eigenvalue weighted by Crippen LogP contribution is 2.33. The van der Waals surface area contributed by atoms with Crippen molar-refractivity contribution in [2.45, 2.75) is 39.0 Å². The minimum absolute atomic E-state index is 0.0917. The number of benzene rings is 1. The van der Waals surface area contributed by atoms with Crippen molar-refractivity contribution in [3.05, 3.63) is 62.0 Å². The van der Waals surface area contributed by atoms with Crippen LogP contribution in [0.4, 0.5) is 5.69 Å². The minimum atomic E-state index is -3.75. The average molecular weight is 432 g/mol. The maximum atomic E-state index is 12.9. The van der Waals surface area contributed by atoms with Gasteiger partial charge in [0.2, 0.25) is 0 Å². The molecule has 0 saturated carbocycles. The molecule has 0 fully saturated rings. The lowest BCUT2D eigenvalue weighted by Crippen LogP contribution is -2.21. The van der Waals surface area contributed by atoms with Crippen LogP contribution in [0.1, 0.15) is 36.6 Å². The zero-order valence-electron chi connectivity index (χ0n) is 15.5. The lowest BCUT2D eigenvalue weighted by Gasteiger charge is -2.22. The van der Waals surface area contributed by atoms with E-state index in [2.05, 4.69) is 11.6 Å². The van der Waals surface area contributed by atoms with Crippen molar-refractivity contribution < 1.29 is 8.42 Å². The summed E-state index contributed by atoms with van der Waals surface area (Å²) in [5, 5.41) is 0.664. The Bertz CT molecular complexity index is 1190. The van der Waals surface area contributed by atoms with Gasteiger partial charge in [0, 0.05) is 31.8 Å². The largest absolute Gasteiger partial charge is 0.289 e. The fourth-order valence-electron chi connectivity index (χ4n) is 3.79. The van der Waals surface area contributed by atoms with Crippen molar-refractivity contribution in [2.75, 3.05) is 4.72 Å². The number of hydrogen-bond donors (Lipinski definition) is 1. The number of sulfonamides is 1. The van der Waals surface area contributed by atoms with Gasteiger partial charge in [-0.3, -0.25) is 9.52 Å². The fraction of sp³-hybridized carbons (Fsp3) is 0.333. The van der Waals surface area contributed by atoms with E-state index >= 15 is 0 Å². The molecule has 1 aromatic heterocycles. The highest BCUT2D eigenvalue weighted by Gasteiger charge is 2.24. The predicted molar refractivity (Wildman–Crippen MR) is 121 cm³/mol. The number of nitrogens with one attached hydrogen (secondary N) is 1. The topological polar surface area (TPSA) is 63.2 Å². The molecule has 0 bridgehead atoms. The Labute approximate surface area is 174 Å². The molecule has 2 aliphatic carbocycles. The van der Waals surface area contributed by atoms with Crippen LogP contribution in [0.25, 0.3) is 10.1 Å². The third kappa shape index (κ3) is 3.58. The highest BCUT2D eigenvalue weighted by molar-refractivity contribution is 7.99. The normalized spacial score (nSPS) is 19.4. The molecule has 1 heterocycles. The van der Waals surface area contributed by atoms with Crippen LogP contribution in [0.15, 0.2) is 46.1 Å². The molecule has 0 saturated heterocycles. The van der Waals surface area contributed by atoms with Gasteiger partial charge in [-0.25, -0.2) is 8.42 Å². The Morgan fingerprint density at radius 1 is 1.32 bits per heavy atom. The molecule has 1 atom stereocenters. The standard InChI is InChI=1S/C21H21NO3S3/c1-2-13-7-9-15-18(11-13)27-19-12-14(8-10-16(19)21(15)23)22-28(24,25)20-6-4-3-5-17(20)26/h3-4,6,8,10,12-13,22H,2,5,7,9,11H2,1H3. The van der Waals surface area contributed by atoms with E-state index in [1.165, 1.54) is 6.08 Å². The molecule has 0 aliphatic heterocycles. The number of anilines is 1. The van der Waals surface area contributed by atoms with Crippen molar-refractivity contribution in [1.29, 1.82) is 0 Å². The van der Waals surface area contributed by atoms with Crippen molar-refractivity contribution >= 4 is 54.2 Å². The third-order valence-electron chi connectivity index (χ3n) is 5.43. The van der Waals surface area contributed by atoms with Gasteiger partial charge < -0.3 is 0 Å². The van der Waals surface area contributed by atoms with Gasteiger partial charge >= 0.3 is 0 Å². The van der Waals surface area contributed by atoms with E-state index in [9.17, 15) is 13.2 Å². The van der Waals surface area contributed by atoms with Gasteiger partial charge in [0.1, 0.15) is 4.91 Å². The summed E-state index contributed by atoms with van der Waals surface area (Å²) in [6.07, 6.45) is 9.47. The molecule has 1 N–H and O–H groups in total. The summed E-state index contributed by atoms with van der Waals surface area (Å²) < 4.78 is 28.9. The molecular formula is C21H21NO3S3. The van der Waals surface area contributed by atoms with Crippen molar-refractivity contribution in [3.63, 3.8) is 0 Å². The molecule has 2 aliphatic rings. The summed E-state index contributed by atoms with van der Waals surface area (Å²) in [6, 6.07) is 5.14. The lowest BCUT2D eigenvalue weighted by atomic mass is 9.87. The van der Waals surface area contributed by atoms with E-state index in [1.807, 2.05) is 6.08 Å². The Balaban J connectivity index is 1.72. The second kappa shape index (κ2) is 7.54. The van der Waals surface area contributed by atoms with Gasteiger partial charge in [0.15, 0.2) is 5.43 Å². The Hall–Kier alpha value is -1.83. The van der Waals surface area contributed by atoms with Gasteiger partial charge in [0.25, 0.3) is 10.0 Å². The molecule has 4 rings (SSSR count). The van der Waals surface area contributed by atoms with Gasteiger partial charge in [-0.1, -0.05) is 37.7 Å². The molecule has 146 valence electrons. The summed E-state index contributed by atoms with van der Waals surface area (Å²) in [6.45, 7) is 2.19. The molecule has 0 radical (unpaired) electrons. The average Bonchev–Trinajstić information content (AvgIpc) is 2.67. The van der Waals surface area contributed by atoms with Crippen LogP contribution in [0.3, 0.4) is 0 Å². The number of hydrogen-bond acceptors (Lipinski definition) is 5. The third-order valence-corrected chi connectivity index (χ3v) is 8.63. The zero-order chi connectivity index (χ0) is 19.9. The van der Waals surface area contributed by atoms with E-state index in [4.69, 9.17) is 12.2 Å². The molecular weight excluding hydrogens is 410 g/mol. The first kappa shape index (κ1) is 19.5. The number of rotatable bonds is 4. The van der Waals surface area contributed by atoms with Gasteiger partial charge in [-0.15, -0.1) is 11.3 Å². The van der Waals surface area contributed by atoms with E-state index in [1.54, 1.807) is 35.6 Å². The summed E-state index contributed by atoms with van der Waals surface area (Å²) in [5.74, 6) is 0.620. The molecule has 28 heavy (non-hydrogen) atoms. The van der Waals surface area contributed by atoms with E-state index < -0.39 is 10.0 Å². The second-order valence-electron chi connectivity index (χ2n) is 7.25. The van der Waals surface area contributed by atoms with Crippen LogP contribution < -0.4 is 10.2 Å². The monoisotopic (exact) mass is 431 g/mol. The smallest absolute Gasteiger partial charge is 0.263 e. The van der Waals surface area contributed by atoms with Crippen molar-refractivity contribution in [3.8, 4) is 0 Å². The Kier molecular flexibility index (Phi) is 5.24. The van der Waals surface area contributed by atoms with Crippen LogP contribution in [0.5, 0.6) is 0 Å². The quantitative estimate of drug-likeness (QED) is 0.711. The molecule has 4 nitrogen and oxygen atoms in total. The first-order chi connectivity index (χ1) is 13.4. The maximum absolute atomic E-state index is 12.9. The number of thiocarbonyl (C=S) groups is 1. The number of allylic oxidation sites excluding steroid dienone is 4. The molecule has 0 spiro atoms. The maximum Gasteiger partial charge on any atom is 0.263 e. The van der Waals surface area contributed by atoms with Crippen LogP contribution in [-0.4, -0.2) is 13.3 Å². The van der Waals surface area contributed by atoms with Gasteiger partial charge in [-0.2, -0.15) is 0 Å². The van der Waals surface area contributed by atoms with Gasteiger partial charge in [-0.05, 0) is 49.5 Å².